The maximum absolute atomic E-state index is 13.9. The van der Waals surface area contributed by atoms with Gasteiger partial charge in [-0.3, -0.25) is 4.79 Å². The van der Waals surface area contributed by atoms with Crippen molar-refractivity contribution in [2.45, 2.75) is 25.3 Å². The average molecular weight is 367 g/mol. The Balaban J connectivity index is 1.64. The monoisotopic (exact) mass is 367 g/mol. The number of hydrogen-bond donors (Lipinski definition) is 0. The maximum atomic E-state index is 13.9. The molecule has 4 nitrogen and oxygen atoms in total. The fourth-order valence-corrected chi connectivity index (χ4v) is 3.07. The topological polar surface area (TPSA) is 38.1 Å². The summed E-state index contributed by atoms with van der Waals surface area (Å²) < 4.78 is 28.7. The van der Waals surface area contributed by atoms with Crippen LogP contribution in [0.2, 0.25) is 0 Å². The zero-order valence-electron chi connectivity index (χ0n) is 14.9. The first-order valence-corrected chi connectivity index (χ1v) is 8.87. The number of aromatic nitrogens is 2. The molecule has 1 amide bonds. The van der Waals surface area contributed by atoms with E-state index in [-0.39, 0.29) is 18.0 Å². The first kappa shape index (κ1) is 17.4. The van der Waals surface area contributed by atoms with Gasteiger partial charge in [-0.1, -0.05) is 24.3 Å². The van der Waals surface area contributed by atoms with Gasteiger partial charge in [-0.2, -0.15) is 5.10 Å². The van der Waals surface area contributed by atoms with Crippen LogP contribution < -0.4 is 0 Å². The Morgan fingerprint density at radius 2 is 1.89 bits per heavy atom. The normalized spacial score (nSPS) is 13.6. The summed E-state index contributed by atoms with van der Waals surface area (Å²) in [5.74, 6) is -1.16. The van der Waals surface area contributed by atoms with Crippen molar-refractivity contribution in [3.63, 3.8) is 0 Å². The van der Waals surface area contributed by atoms with Crippen molar-refractivity contribution in [3.8, 4) is 5.69 Å². The van der Waals surface area contributed by atoms with Crippen LogP contribution in [-0.4, -0.2) is 27.6 Å². The highest BCUT2D eigenvalue weighted by molar-refractivity contribution is 5.93. The highest BCUT2D eigenvalue weighted by Gasteiger charge is 2.30. The lowest BCUT2D eigenvalue weighted by Gasteiger charge is -2.18. The lowest BCUT2D eigenvalue weighted by atomic mass is 10.2. The van der Waals surface area contributed by atoms with E-state index >= 15 is 0 Å². The minimum Gasteiger partial charge on any atom is -0.336 e. The number of halogens is 2. The van der Waals surface area contributed by atoms with Gasteiger partial charge in [-0.05, 0) is 37.1 Å². The van der Waals surface area contributed by atoms with Gasteiger partial charge in [0.2, 0.25) is 0 Å². The lowest BCUT2D eigenvalue weighted by Crippen LogP contribution is -2.28. The quantitative estimate of drug-likeness (QED) is 0.674. The van der Waals surface area contributed by atoms with Crippen molar-refractivity contribution in [1.29, 1.82) is 0 Å². The molecule has 0 saturated heterocycles. The minimum absolute atomic E-state index is 0.0453. The standard InChI is InChI=1S/C21H19F2N3O/c1-25(13-15-9-10-16(22)11-18(15)23)21(27)20-12-19(14-7-8-14)24-26(20)17-5-3-2-4-6-17/h2-6,9-12,14H,7-8,13H2,1H3. The molecule has 2 aromatic carbocycles. The summed E-state index contributed by atoms with van der Waals surface area (Å²) in [6.07, 6.45) is 2.16. The van der Waals surface area contributed by atoms with Crippen molar-refractivity contribution in [3.05, 3.63) is 83.2 Å². The second kappa shape index (κ2) is 6.95. The molecule has 1 fully saturated rings. The van der Waals surface area contributed by atoms with Crippen LogP contribution in [0.1, 0.15) is 40.5 Å². The molecule has 0 aliphatic heterocycles. The molecule has 0 bridgehead atoms. The Morgan fingerprint density at radius 3 is 2.56 bits per heavy atom. The molecule has 3 aromatic rings. The SMILES string of the molecule is CN(Cc1ccc(F)cc1F)C(=O)c1cc(C2CC2)nn1-c1ccccc1. The van der Waals surface area contributed by atoms with Crippen molar-refractivity contribution in [2.24, 2.45) is 0 Å². The second-order valence-electron chi connectivity index (χ2n) is 6.87. The Morgan fingerprint density at radius 1 is 1.15 bits per heavy atom. The van der Waals surface area contributed by atoms with E-state index < -0.39 is 11.6 Å². The number of para-hydroxylation sites is 1. The van der Waals surface area contributed by atoms with Crippen molar-refractivity contribution < 1.29 is 13.6 Å². The van der Waals surface area contributed by atoms with E-state index in [1.165, 1.54) is 17.0 Å². The number of hydrogen-bond acceptors (Lipinski definition) is 2. The van der Waals surface area contributed by atoms with Crippen molar-refractivity contribution >= 4 is 5.91 Å². The Labute approximate surface area is 156 Å². The highest BCUT2D eigenvalue weighted by atomic mass is 19.1. The average Bonchev–Trinajstić information content (AvgIpc) is 3.42. The van der Waals surface area contributed by atoms with Crippen LogP contribution >= 0.6 is 0 Å². The summed E-state index contributed by atoms with van der Waals surface area (Å²) in [4.78, 5) is 14.5. The fourth-order valence-electron chi connectivity index (χ4n) is 3.07. The molecule has 0 spiro atoms. The van der Waals surface area contributed by atoms with Gasteiger partial charge in [0.15, 0.2) is 0 Å². The molecule has 0 unspecified atom stereocenters. The van der Waals surface area contributed by atoms with E-state index in [4.69, 9.17) is 0 Å². The number of nitrogens with zero attached hydrogens (tertiary/aromatic N) is 3. The Hall–Kier alpha value is -3.02. The van der Waals surface area contributed by atoms with E-state index in [2.05, 4.69) is 5.10 Å². The van der Waals surface area contributed by atoms with Crippen LogP contribution in [0.25, 0.3) is 5.69 Å². The number of rotatable bonds is 5. The number of amides is 1. The molecule has 1 aliphatic carbocycles. The molecule has 0 radical (unpaired) electrons. The van der Waals surface area contributed by atoms with Crippen LogP contribution in [0.3, 0.4) is 0 Å². The zero-order valence-corrected chi connectivity index (χ0v) is 14.9. The largest absolute Gasteiger partial charge is 0.336 e. The molecule has 1 heterocycles. The van der Waals surface area contributed by atoms with Gasteiger partial charge in [0, 0.05) is 31.1 Å². The molecule has 0 N–H and O–H groups in total. The van der Waals surface area contributed by atoms with E-state index in [9.17, 15) is 13.6 Å². The van der Waals surface area contributed by atoms with Crippen LogP contribution in [0.4, 0.5) is 8.78 Å². The van der Waals surface area contributed by atoms with Gasteiger partial charge >= 0.3 is 0 Å². The third kappa shape index (κ3) is 3.60. The van der Waals surface area contributed by atoms with Crippen molar-refractivity contribution in [1.82, 2.24) is 14.7 Å². The van der Waals surface area contributed by atoms with Gasteiger partial charge in [0.1, 0.15) is 17.3 Å². The molecular formula is C21H19F2N3O. The van der Waals surface area contributed by atoms with Gasteiger partial charge in [0.05, 0.1) is 11.4 Å². The fraction of sp³-hybridized carbons (Fsp3) is 0.238. The molecule has 27 heavy (non-hydrogen) atoms. The molecule has 1 aliphatic rings. The molecule has 4 rings (SSSR count). The molecule has 138 valence electrons. The molecule has 6 heteroatoms. The number of carbonyl (C=O) groups is 1. The molecule has 1 saturated carbocycles. The predicted octanol–water partition coefficient (Wildman–Crippen LogP) is 4.30. The Kier molecular flexibility index (Phi) is 4.48. The van der Waals surface area contributed by atoms with Gasteiger partial charge < -0.3 is 4.90 Å². The summed E-state index contributed by atoms with van der Waals surface area (Å²) in [6, 6.07) is 14.7. The molecule has 0 atom stereocenters. The third-order valence-electron chi connectivity index (χ3n) is 4.71. The van der Waals surface area contributed by atoms with Gasteiger partial charge in [0.25, 0.3) is 5.91 Å². The summed E-state index contributed by atoms with van der Waals surface area (Å²) in [7, 11) is 1.60. The van der Waals surface area contributed by atoms with E-state index in [0.29, 0.717) is 11.6 Å². The van der Waals surface area contributed by atoms with Crippen LogP contribution in [0, 0.1) is 11.6 Å². The predicted molar refractivity (Wildman–Crippen MR) is 97.7 cm³/mol. The smallest absolute Gasteiger partial charge is 0.272 e. The van der Waals surface area contributed by atoms with Gasteiger partial charge in [-0.15, -0.1) is 0 Å². The van der Waals surface area contributed by atoms with Crippen LogP contribution in [0.15, 0.2) is 54.6 Å². The lowest BCUT2D eigenvalue weighted by molar-refractivity contribution is 0.0775. The second-order valence-corrected chi connectivity index (χ2v) is 6.87. The van der Waals surface area contributed by atoms with E-state index in [0.717, 1.165) is 30.3 Å². The van der Waals surface area contributed by atoms with E-state index in [1.807, 2.05) is 36.4 Å². The molecule has 1 aromatic heterocycles. The van der Waals surface area contributed by atoms with Crippen LogP contribution in [0.5, 0.6) is 0 Å². The minimum atomic E-state index is -0.662. The summed E-state index contributed by atoms with van der Waals surface area (Å²) >= 11 is 0. The Bertz CT molecular complexity index is 980. The summed E-state index contributed by atoms with van der Waals surface area (Å²) in [6.45, 7) is 0.0453. The summed E-state index contributed by atoms with van der Waals surface area (Å²) in [5, 5.41) is 4.63. The zero-order chi connectivity index (χ0) is 19.0. The number of carbonyl (C=O) groups excluding carboxylic acids is 1. The number of benzene rings is 2. The van der Waals surface area contributed by atoms with E-state index in [1.54, 1.807) is 11.7 Å². The first-order chi connectivity index (χ1) is 13.0. The first-order valence-electron chi connectivity index (χ1n) is 8.87. The molecular weight excluding hydrogens is 348 g/mol. The third-order valence-corrected chi connectivity index (χ3v) is 4.71. The maximum Gasteiger partial charge on any atom is 0.272 e. The summed E-state index contributed by atoms with van der Waals surface area (Å²) in [5.41, 5.74) is 2.41. The van der Waals surface area contributed by atoms with Crippen LogP contribution in [-0.2, 0) is 6.54 Å². The van der Waals surface area contributed by atoms with Gasteiger partial charge in [-0.25, -0.2) is 13.5 Å². The highest BCUT2D eigenvalue weighted by Crippen LogP contribution is 2.39. The van der Waals surface area contributed by atoms with Crippen molar-refractivity contribution in [2.75, 3.05) is 7.05 Å².